The molecule has 1 aromatic carbocycles. The Labute approximate surface area is 205 Å². The number of nitrogens with one attached hydrogen (secondary N) is 3. The van der Waals surface area contributed by atoms with Crippen LogP contribution >= 0.6 is 23.2 Å². The zero-order valence-corrected chi connectivity index (χ0v) is 19.9. The lowest BCUT2D eigenvalue weighted by Gasteiger charge is -2.16. The lowest BCUT2D eigenvalue weighted by Crippen LogP contribution is -2.09. The van der Waals surface area contributed by atoms with Crippen molar-refractivity contribution in [3.63, 3.8) is 0 Å². The summed E-state index contributed by atoms with van der Waals surface area (Å²) in [5, 5.41) is 18.5. The highest BCUT2D eigenvalue weighted by Gasteiger charge is 2.16. The van der Waals surface area contributed by atoms with Crippen LogP contribution in [-0.4, -0.2) is 44.3 Å². The van der Waals surface area contributed by atoms with Gasteiger partial charge < -0.3 is 19.8 Å². The second kappa shape index (κ2) is 11.2. The number of H-pyrrole nitrogens is 2. The van der Waals surface area contributed by atoms with Crippen LogP contribution in [-0.2, 0) is 6.42 Å². The lowest BCUT2D eigenvalue weighted by molar-refractivity contribution is 0.288. The van der Waals surface area contributed by atoms with E-state index in [0.717, 1.165) is 43.3 Å². The van der Waals surface area contributed by atoms with E-state index in [1.165, 1.54) is 18.5 Å². The maximum Gasteiger partial charge on any atom is 0.250 e. The van der Waals surface area contributed by atoms with Crippen LogP contribution in [0.2, 0.25) is 10.0 Å². The number of ether oxygens (including phenoxy) is 2. The van der Waals surface area contributed by atoms with Crippen molar-refractivity contribution in [2.45, 2.75) is 32.1 Å². The Morgan fingerprint density at radius 3 is 2.62 bits per heavy atom. The summed E-state index contributed by atoms with van der Waals surface area (Å²) in [4.78, 5) is 19.3. The molecule has 4 aromatic rings. The molecule has 0 unspecified atom stereocenters. The van der Waals surface area contributed by atoms with Crippen LogP contribution in [0.3, 0.4) is 0 Å². The molecule has 10 nitrogen and oxygen atoms in total. The molecule has 0 saturated heterocycles. The second-order valence-electron chi connectivity index (χ2n) is 7.51. The van der Waals surface area contributed by atoms with Crippen LogP contribution in [0.15, 0.2) is 35.4 Å². The zero-order valence-electron chi connectivity index (χ0n) is 18.4. The minimum absolute atomic E-state index is 0.309. The van der Waals surface area contributed by atoms with Gasteiger partial charge in [-0.15, -0.1) is 10.2 Å². The Kier molecular flexibility index (Phi) is 7.81. The van der Waals surface area contributed by atoms with Gasteiger partial charge in [0.1, 0.15) is 0 Å². The molecule has 4 rings (SSSR count). The molecule has 12 heteroatoms. The Bertz CT molecular complexity index is 1290. The van der Waals surface area contributed by atoms with Crippen molar-refractivity contribution in [1.29, 1.82) is 0 Å². The fourth-order valence-corrected chi connectivity index (χ4v) is 4.01. The zero-order chi connectivity index (χ0) is 23.9. The van der Waals surface area contributed by atoms with Crippen molar-refractivity contribution in [2.75, 3.05) is 19.0 Å². The van der Waals surface area contributed by atoms with Crippen LogP contribution in [0.1, 0.15) is 31.5 Å². The third kappa shape index (κ3) is 5.57. The highest BCUT2D eigenvalue weighted by Crippen LogP contribution is 2.39. The molecule has 0 amide bonds. The first-order chi connectivity index (χ1) is 16.6. The number of aromatic amines is 2. The quantitative estimate of drug-likeness (QED) is 0.251. The van der Waals surface area contributed by atoms with Crippen LogP contribution in [0, 0.1) is 0 Å². The summed E-state index contributed by atoms with van der Waals surface area (Å²) in [6.07, 6.45) is 7.55. The van der Waals surface area contributed by atoms with E-state index in [4.69, 9.17) is 32.7 Å². The second-order valence-corrected chi connectivity index (χ2v) is 8.33. The molecular formula is C22H23Cl2N7O3. The molecule has 3 heterocycles. The Morgan fingerprint density at radius 2 is 1.88 bits per heavy atom. The number of rotatable bonds is 11. The number of anilines is 2. The van der Waals surface area contributed by atoms with Gasteiger partial charge in [0.25, 0.3) is 5.56 Å². The third-order valence-corrected chi connectivity index (χ3v) is 5.77. The van der Waals surface area contributed by atoms with Gasteiger partial charge in [-0.05, 0) is 25.0 Å². The third-order valence-electron chi connectivity index (χ3n) is 5.20. The maximum absolute atomic E-state index is 12.5. The number of tetrazole rings is 1. The Balaban J connectivity index is 1.49. The number of hydrogen-bond acceptors (Lipinski definition) is 8. The molecule has 0 fully saturated rings. The fraction of sp³-hybridized carbons (Fsp3) is 0.318. The van der Waals surface area contributed by atoms with E-state index in [0.29, 0.717) is 45.0 Å². The Morgan fingerprint density at radius 1 is 1.09 bits per heavy atom. The SMILES string of the molecule is COc1ccc2c(Nc3c(Cl)cncc3Cl)cc(=O)[nH]c2c1OCCCCCCc1nn[nH]n1. The number of unbranched alkanes of at least 4 members (excludes halogenated alkanes) is 3. The minimum Gasteiger partial charge on any atom is -0.493 e. The average molecular weight is 504 g/mol. The maximum atomic E-state index is 12.5. The van der Waals surface area contributed by atoms with Crippen LogP contribution in [0.25, 0.3) is 10.9 Å². The van der Waals surface area contributed by atoms with E-state index in [9.17, 15) is 4.79 Å². The van der Waals surface area contributed by atoms with E-state index in [1.54, 1.807) is 13.2 Å². The van der Waals surface area contributed by atoms with Crippen molar-refractivity contribution >= 4 is 45.5 Å². The molecule has 0 aliphatic rings. The Hall–Kier alpha value is -3.37. The first-order valence-electron chi connectivity index (χ1n) is 10.7. The summed E-state index contributed by atoms with van der Waals surface area (Å²) in [5.41, 5.74) is 1.20. The fourth-order valence-electron chi connectivity index (χ4n) is 3.55. The molecule has 0 spiro atoms. The van der Waals surface area contributed by atoms with Crippen LogP contribution in [0.4, 0.5) is 11.4 Å². The van der Waals surface area contributed by atoms with Gasteiger partial charge in [-0.3, -0.25) is 9.78 Å². The molecule has 3 N–H and O–H groups in total. The van der Waals surface area contributed by atoms with Crippen molar-refractivity contribution < 1.29 is 9.47 Å². The first kappa shape index (κ1) is 23.8. The molecule has 34 heavy (non-hydrogen) atoms. The molecule has 0 atom stereocenters. The van der Waals surface area contributed by atoms with E-state index < -0.39 is 0 Å². The standard InChI is InChI=1S/C22H23Cl2N7O3/c1-33-17-8-7-13-16(26-21-14(23)11-25-12-15(21)24)10-19(32)27-20(13)22(17)34-9-5-3-2-4-6-18-28-30-31-29-18/h7-8,10-12H,2-6,9H2,1H3,(H2,25,26,27,32)(H,28,29,30,31). The van der Waals surface area contributed by atoms with Crippen molar-refractivity contribution in [1.82, 2.24) is 30.6 Å². The van der Waals surface area contributed by atoms with Gasteiger partial charge in [0.05, 0.1) is 40.7 Å². The predicted octanol–water partition coefficient (Wildman–Crippen LogP) is 4.68. The molecule has 178 valence electrons. The average Bonchev–Trinajstić information content (AvgIpc) is 3.34. The number of halogens is 2. The number of aryl methyl sites for hydroxylation is 1. The summed E-state index contributed by atoms with van der Waals surface area (Å²) in [6.45, 7) is 0.472. The van der Waals surface area contributed by atoms with Gasteiger partial charge >= 0.3 is 0 Å². The van der Waals surface area contributed by atoms with E-state index in [1.807, 2.05) is 6.07 Å². The van der Waals surface area contributed by atoms with Crippen molar-refractivity contribution in [3.05, 3.63) is 56.8 Å². The van der Waals surface area contributed by atoms with Gasteiger partial charge in [0.15, 0.2) is 17.3 Å². The summed E-state index contributed by atoms with van der Waals surface area (Å²) in [7, 11) is 1.56. The number of pyridine rings is 2. The number of hydrogen-bond donors (Lipinski definition) is 3. The monoisotopic (exact) mass is 503 g/mol. The van der Waals surface area contributed by atoms with Gasteiger partial charge in [-0.2, -0.15) is 5.21 Å². The number of aromatic nitrogens is 6. The number of fused-ring (bicyclic) bond motifs is 1. The number of methoxy groups -OCH3 is 1. The lowest BCUT2D eigenvalue weighted by atomic mass is 10.1. The first-order valence-corrected chi connectivity index (χ1v) is 11.5. The summed E-state index contributed by atoms with van der Waals surface area (Å²) in [5.74, 6) is 1.72. The molecule has 0 bridgehead atoms. The minimum atomic E-state index is -0.309. The normalized spacial score (nSPS) is 11.0. The van der Waals surface area contributed by atoms with Crippen molar-refractivity contribution in [2.24, 2.45) is 0 Å². The van der Waals surface area contributed by atoms with Crippen molar-refractivity contribution in [3.8, 4) is 11.5 Å². The van der Waals surface area contributed by atoms with Crippen LogP contribution in [0.5, 0.6) is 11.5 Å². The van der Waals surface area contributed by atoms with Gasteiger partial charge in [0.2, 0.25) is 0 Å². The largest absolute Gasteiger partial charge is 0.493 e. The van der Waals surface area contributed by atoms with Crippen LogP contribution < -0.4 is 20.3 Å². The van der Waals surface area contributed by atoms with E-state index in [-0.39, 0.29) is 5.56 Å². The summed E-state index contributed by atoms with van der Waals surface area (Å²) in [6, 6.07) is 5.07. The van der Waals surface area contributed by atoms with Gasteiger partial charge in [-0.25, -0.2) is 0 Å². The molecule has 0 aliphatic heterocycles. The smallest absolute Gasteiger partial charge is 0.250 e. The molecule has 0 saturated carbocycles. The van der Waals surface area contributed by atoms with E-state index >= 15 is 0 Å². The number of nitrogens with zero attached hydrogens (tertiary/aromatic N) is 4. The van der Waals surface area contributed by atoms with Gasteiger partial charge in [0, 0.05) is 30.3 Å². The predicted molar refractivity (Wildman–Crippen MR) is 131 cm³/mol. The van der Waals surface area contributed by atoms with Gasteiger partial charge in [-0.1, -0.05) is 41.3 Å². The molecule has 0 aliphatic carbocycles. The highest BCUT2D eigenvalue weighted by molar-refractivity contribution is 6.39. The molecular weight excluding hydrogens is 481 g/mol. The highest BCUT2D eigenvalue weighted by atomic mass is 35.5. The molecule has 0 radical (unpaired) electrons. The molecule has 3 aromatic heterocycles. The summed E-state index contributed by atoms with van der Waals surface area (Å²) >= 11 is 12.5. The van der Waals surface area contributed by atoms with E-state index in [2.05, 4.69) is 35.9 Å². The topological polar surface area (TPSA) is 131 Å². The summed E-state index contributed by atoms with van der Waals surface area (Å²) < 4.78 is 11.6. The number of benzene rings is 1.